The summed E-state index contributed by atoms with van der Waals surface area (Å²) in [5, 5.41) is 6.58. The molecule has 112 valence electrons. The number of benzene rings is 1. The van der Waals surface area contributed by atoms with E-state index >= 15 is 0 Å². The number of thioether (sulfide) groups is 1. The number of hydrogen-bond donors (Lipinski definition) is 1. The fraction of sp³-hybridized carbons (Fsp3) is 0.333. The molecule has 0 spiro atoms. The van der Waals surface area contributed by atoms with Crippen LogP contribution in [0.1, 0.15) is 26.5 Å². The van der Waals surface area contributed by atoms with Gasteiger partial charge in [0.1, 0.15) is 5.82 Å². The zero-order chi connectivity index (χ0) is 15.5. The Bertz CT molecular complexity index is 617. The molecule has 0 bridgehead atoms. The molecule has 0 atom stereocenters. The van der Waals surface area contributed by atoms with Gasteiger partial charge >= 0.3 is 0 Å². The third-order valence-corrected chi connectivity index (χ3v) is 3.74. The summed E-state index contributed by atoms with van der Waals surface area (Å²) in [6.45, 7) is 6.04. The molecule has 1 N–H and O–H groups in total. The summed E-state index contributed by atoms with van der Waals surface area (Å²) >= 11 is 1.33. The molecule has 2 aromatic rings. The summed E-state index contributed by atoms with van der Waals surface area (Å²) in [5.74, 6) is 0.0720. The molecular weight excluding hydrogens is 291 g/mol. The molecule has 0 radical (unpaired) electrons. The smallest absolute Gasteiger partial charge is 0.237 e. The molecule has 2 rings (SSSR count). The van der Waals surface area contributed by atoms with Crippen molar-refractivity contribution < 1.29 is 13.7 Å². The van der Waals surface area contributed by atoms with Crippen LogP contribution in [-0.4, -0.2) is 16.8 Å². The number of carbonyl (C=O) groups is 1. The first-order valence-corrected chi connectivity index (χ1v) is 7.48. The van der Waals surface area contributed by atoms with Crippen molar-refractivity contribution in [2.45, 2.75) is 31.1 Å². The van der Waals surface area contributed by atoms with Gasteiger partial charge in [-0.2, -0.15) is 0 Å². The van der Waals surface area contributed by atoms with E-state index in [0.717, 1.165) is 10.6 Å². The number of rotatable bonds is 4. The molecule has 4 nitrogen and oxygen atoms in total. The highest BCUT2D eigenvalue weighted by atomic mass is 32.2. The van der Waals surface area contributed by atoms with Gasteiger partial charge in [0.2, 0.25) is 11.8 Å². The van der Waals surface area contributed by atoms with E-state index < -0.39 is 0 Å². The molecule has 1 aromatic heterocycles. The van der Waals surface area contributed by atoms with Gasteiger partial charge in [-0.25, -0.2) is 4.39 Å². The van der Waals surface area contributed by atoms with Crippen LogP contribution in [0.3, 0.4) is 0 Å². The first-order valence-electron chi connectivity index (χ1n) is 6.50. The topological polar surface area (TPSA) is 55.1 Å². The molecule has 0 unspecified atom stereocenters. The monoisotopic (exact) mass is 308 g/mol. The maximum atomic E-state index is 12.8. The van der Waals surface area contributed by atoms with Gasteiger partial charge in [-0.3, -0.25) is 10.1 Å². The Kier molecular flexibility index (Phi) is 4.67. The highest BCUT2D eigenvalue weighted by molar-refractivity contribution is 8.00. The van der Waals surface area contributed by atoms with Gasteiger partial charge in [-0.15, -0.1) is 11.8 Å². The first-order chi connectivity index (χ1) is 9.84. The first kappa shape index (κ1) is 15.6. The van der Waals surface area contributed by atoms with Gasteiger partial charge in [0, 0.05) is 16.4 Å². The maximum absolute atomic E-state index is 12.8. The Morgan fingerprint density at radius 1 is 1.33 bits per heavy atom. The van der Waals surface area contributed by atoms with E-state index in [9.17, 15) is 9.18 Å². The van der Waals surface area contributed by atoms with Crippen LogP contribution >= 0.6 is 11.8 Å². The summed E-state index contributed by atoms with van der Waals surface area (Å²) in [5.41, 5.74) is 0.652. The number of carbonyl (C=O) groups excluding carboxylic acids is 1. The average Bonchev–Trinajstić information content (AvgIpc) is 2.86. The highest BCUT2D eigenvalue weighted by Gasteiger charge is 2.19. The number of nitrogens with zero attached hydrogens (tertiary/aromatic N) is 1. The predicted molar refractivity (Wildman–Crippen MR) is 81.0 cm³/mol. The molecule has 0 saturated carbocycles. The van der Waals surface area contributed by atoms with Crippen molar-refractivity contribution in [1.29, 1.82) is 0 Å². The molecular formula is C15H17FN2O2S. The van der Waals surface area contributed by atoms with Crippen molar-refractivity contribution in [2.24, 2.45) is 0 Å². The second-order valence-corrected chi connectivity index (χ2v) is 6.67. The molecule has 0 fully saturated rings. The minimum Gasteiger partial charge on any atom is -0.338 e. The Hall–Kier alpha value is -1.82. The van der Waals surface area contributed by atoms with E-state index in [2.05, 4.69) is 10.5 Å². The van der Waals surface area contributed by atoms with E-state index in [4.69, 9.17) is 4.52 Å². The van der Waals surface area contributed by atoms with Crippen LogP contribution < -0.4 is 5.32 Å². The summed E-state index contributed by atoms with van der Waals surface area (Å²) in [4.78, 5) is 12.7. The van der Waals surface area contributed by atoms with Crippen LogP contribution in [0.25, 0.3) is 0 Å². The largest absolute Gasteiger partial charge is 0.338 e. The van der Waals surface area contributed by atoms with Gasteiger partial charge in [0.15, 0.2) is 0 Å². The third-order valence-electron chi connectivity index (χ3n) is 2.72. The Morgan fingerprint density at radius 3 is 2.57 bits per heavy atom. The number of aromatic nitrogens is 1. The number of nitrogens with one attached hydrogen (secondary N) is 1. The predicted octanol–water partition coefficient (Wildman–Crippen LogP) is 3.84. The zero-order valence-corrected chi connectivity index (χ0v) is 13.0. The molecule has 0 aliphatic heterocycles. The molecule has 0 aliphatic carbocycles. The number of halogens is 1. The van der Waals surface area contributed by atoms with Crippen molar-refractivity contribution in [3.63, 3.8) is 0 Å². The summed E-state index contributed by atoms with van der Waals surface area (Å²) in [6, 6.07) is 7.73. The standard InChI is InChI=1S/C15H17FN2O2S/c1-15(2,3)12-8-14(20-18-12)17-13(19)9-21-11-6-4-10(16)5-7-11/h4-8H,9H2,1-3H3,(H,17,19). The van der Waals surface area contributed by atoms with Gasteiger partial charge in [0.25, 0.3) is 0 Å². The van der Waals surface area contributed by atoms with Crippen molar-refractivity contribution in [3.8, 4) is 0 Å². The lowest BCUT2D eigenvalue weighted by Gasteiger charge is -2.12. The minimum absolute atomic E-state index is 0.130. The van der Waals surface area contributed by atoms with E-state index in [1.54, 1.807) is 18.2 Å². The van der Waals surface area contributed by atoms with Crippen molar-refractivity contribution in [2.75, 3.05) is 11.1 Å². The van der Waals surface area contributed by atoms with Crippen LogP contribution in [0.5, 0.6) is 0 Å². The van der Waals surface area contributed by atoms with E-state index in [-0.39, 0.29) is 22.9 Å². The number of hydrogen-bond acceptors (Lipinski definition) is 4. The average molecular weight is 308 g/mol. The van der Waals surface area contributed by atoms with Crippen LogP contribution in [0.2, 0.25) is 0 Å². The quantitative estimate of drug-likeness (QED) is 0.872. The molecule has 1 amide bonds. The van der Waals surface area contributed by atoms with Gasteiger partial charge < -0.3 is 4.52 Å². The number of amides is 1. The van der Waals surface area contributed by atoms with Crippen LogP contribution in [-0.2, 0) is 10.2 Å². The second-order valence-electron chi connectivity index (χ2n) is 5.62. The van der Waals surface area contributed by atoms with E-state index in [1.165, 1.54) is 23.9 Å². The van der Waals surface area contributed by atoms with Crippen molar-refractivity contribution in [1.82, 2.24) is 5.16 Å². The molecule has 0 saturated heterocycles. The molecule has 1 heterocycles. The van der Waals surface area contributed by atoms with Crippen LogP contribution in [0.15, 0.2) is 39.8 Å². The number of anilines is 1. The second kappa shape index (κ2) is 6.30. The van der Waals surface area contributed by atoms with Gasteiger partial charge in [-0.1, -0.05) is 25.9 Å². The van der Waals surface area contributed by atoms with E-state index in [0.29, 0.717) is 5.88 Å². The highest BCUT2D eigenvalue weighted by Crippen LogP contribution is 2.24. The zero-order valence-electron chi connectivity index (χ0n) is 12.1. The van der Waals surface area contributed by atoms with Crippen LogP contribution in [0.4, 0.5) is 10.3 Å². The van der Waals surface area contributed by atoms with E-state index in [1.807, 2.05) is 20.8 Å². The minimum atomic E-state index is -0.292. The normalized spacial score (nSPS) is 11.4. The molecule has 1 aromatic carbocycles. The molecule has 0 aliphatic rings. The molecule has 6 heteroatoms. The lowest BCUT2D eigenvalue weighted by molar-refractivity contribution is -0.113. The summed E-state index contributed by atoms with van der Waals surface area (Å²) in [6.07, 6.45) is 0. The van der Waals surface area contributed by atoms with Crippen molar-refractivity contribution in [3.05, 3.63) is 41.8 Å². The van der Waals surface area contributed by atoms with Gasteiger partial charge in [-0.05, 0) is 24.3 Å². The molecule has 21 heavy (non-hydrogen) atoms. The van der Waals surface area contributed by atoms with Crippen molar-refractivity contribution >= 4 is 23.6 Å². The summed E-state index contributed by atoms with van der Waals surface area (Å²) in [7, 11) is 0. The Morgan fingerprint density at radius 2 is 2.00 bits per heavy atom. The Labute approximate surface area is 127 Å². The fourth-order valence-corrected chi connectivity index (χ4v) is 2.24. The van der Waals surface area contributed by atoms with Crippen LogP contribution in [0, 0.1) is 5.82 Å². The lowest BCUT2D eigenvalue weighted by Crippen LogP contribution is -2.14. The summed E-state index contributed by atoms with van der Waals surface area (Å²) < 4.78 is 17.9. The Balaban J connectivity index is 1.87. The SMILES string of the molecule is CC(C)(C)c1cc(NC(=O)CSc2ccc(F)cc2)on1. The van der Waals surface area contributed by atoms with Gasteiger partial charge in [0.05, 0.1) is 11.4 Å². The third kappa shape index (κ3) is 4.60. The fourth-order valence-electron chi connectivity index (χ4n) is 1.54. The maximum Gasteiger partial charge on any atom is 0.237 e. The lowest BCUT2D eigenvalue weighted by atomic mass is 9.92.